The van der Waals surface area contributed by atoms with E-state index in [4.69, 9.17) is 19.3 Å². The van der Waals surface area contributed by atoms with Crippen LogP contribution in [0.25, 0.3) is 5.69 Å². The third kappa shape index (κ3) is 12.4. The van der Waals surface area contributed by atoms with Crippen LogP contribution in [0.3, 0.4) is 0 Å². The fraction of sp³-hybridized carbons (Fsp3) is 0.442. The van der Waals surface area contributed by atoms with Crippen LogP contribution in [0.4, 0.5) is 10.6 Å². The summed E-state index contributed by atoms with van der Waals surface area (Å²) in [4.78, 5) is 57.3. The molecule has 2 N–H and O–H groups in total. The van der Waals surface area contributed by atoms with Gasteiger partial charge in [-0.15, -0.1) is 0 Å². The van der Waals surface area contributed by atoms with E-state index in [0.717, 1.165) is 52.7 Å². The molecule has 2 aromatic carbocycles. The van der Waals surface area contributed by atoms with Crippen LogP contribution < -0.4 is 20.3 Å². The van der Waals surface area contributed by atoms with Crippen LogP contribution in [0.2, 0.25) is 0 Å². The van der Waals surface area contributed by atoms with Crippen molar-refractivity contribution in [3.05, 3.63) is 101 Å². The Kier molecular flexibility index (Phi) is 14.2. The molecule has 0 aliphatic heterocycles. The molecule has 1 fully saturated rings. The molecule has 1 saturated carbocycles. The minimum Gasteiger partial charge on any atom is -0.485 e. The lowest BCUT2D eigenvalue weighted by atomic mass is 10.0. The van der Waals surface area contributed by atoms with Gasteiger partial charge in [0.1, 0.15) is 23.7 Å². The summed E-state index contributed by atoms with van der Waals surface area (Å²) in [5, 5.41) is 10.5. The van der Waals surface area contributed by atoms with E-state index < -0.39 is 29.6 Å². The summed E-state index contributed by atoms with van der Waals surface area (Å²) in [6.45, 7) is 9.51. The standard InChI is InChI=1S/C43H54N6O7/c1-29-21-22-44-37(24-29)48(42(53)56-43(3,4)5)23-11-16-38(50)45-27-39(51)46-36(26-40(52)54-6)33-14-10-15-34(25-33)49-30(2)41(35(47-49)20-19-31-17-18-31)55-28-32-12-8-7-9-13-32/h7-10,12-15,21-22,24-25,31,36H,11,16-20,23,26-28H2,1-6H3,(H,45,50)(H,46,51)/t36-/m0/s1. The molecule has 298 valence electrons. The van der Waals surface area contributed by atoms with Crippen molar-refractivity contribution in [2.24, 2.45) is 5.92 Å². The van der Waals surface area contributed by atoms with Crippen molar-refractivity contribution in [2.75, 3.05) is 25.1 Å². The zero-order chi connectivity index (χ0) is 40.2. The fourth-order valence-corrected chi connectivity index (χ4v) is 6.20. The number of nitrogens with zero attached hydrogens (tertiary/aromatic N) is 4. The van der Waals surface area contributed by atoms with Crippen LogP contribution in [0, 0.1) is 19.8 Å². The first-order valence-electron chi connectivity index (χ1n) is 19.2. The van der Waals surface area contributed by atoms with Gasteiger partial charge in [0.2, 0.25) is 11.8 Å². The molecule has 56 heavy (non-hydrogen) atoms. The predicted molar refractivity (Wildman–Crippen MR) is 212 cm³/mol. The van der Waals surface area contributed by atoms with E-state index >= 15 is 0 Å². The molecule has 1 aliphatic rings. The Morgan fingerprint density at radius 2 is 1.75 bits per heavy atom. The quantitative estimate of drug-likeness (QED) is 0.103. The number of methoxy groups -OCH3 is 1. The van der Waals surface area contributed by atoms with E-state index in [1.54, 1.807) is 33.0 Å². The second-order valence-electron chi connectivity index (χ2n) is 15.2. The van der Waals surface area contributed by atoms with E-state index in [0.29, 0.717) is 24.4 Å². The van der Waals surface area contributed by atoms with Crippen molar-refractivity contribution in [3.8, 4) is 11.4 Å². The maximum Gasteiger partial charge on any atom is 0.416 e. The number of anilines is 1. The third-order valence-corrected chi connectivity index (χ3v) is 9.32. The minimum absolute atomic E-state index is 0.0505. The summed E-state index contributed by atoms with van der Waals surface area (Å²) < 4.78 is 18.8. The maximum atomic E-state index is 13.2. The maximum absolute atomic E-state index is 13.2. The van der Waals surface area contributed by atoms with Crippen molar-refractivity contribution in [2.45, 2.75) is 97.8 Å². The van der Waals surface area contributed by atoms with Crippen molar-refractivity contribution in [3.63, 3.8) is 0 Å². The van der Waals surface area contributed by atoms with Crippen LogP contribution in [-0.2, 0) is 36.9 Å². The highest BCUT2D eigenvalue weighted by atomic mass is 16.6. The highest BCUT2D eigenvalue weighted by Crippen LogP contribution is 2.36. The van der Waals surface area contributed by atoms with Gasteiger partial charge in [0, 0.05) is 19.2 Å². The summed E-state index contributed by atoms with van der Waals surface area (Å²) in [7, 11) is 1.30. The first kappa shape index (κ1) is 41.4. The second-order valence-corrected chi connectivity index (χ2v) is 15.2. The molecule has 0 saturated heterocycles. The third-order valence-electron chi connectivity index (χ3n) is 9.32. The molecule has 2 heterocycles. The molecule has 3 amide bonds. The summed E-state index contributed by atoms with van der Waals surface area (Å²) in [6, 6.07) is 20.4. The van der Waals surface area contributed by atoms with Gasteiger partial charge in [0.25, 0.3) is 0 Å². The lowest BCUT2D eigenvalue weighted by Crippen LogP contribution is -2.40. The summed E-state index contributed by atoms with van der Waals surface area (Å²) in [6.07, 6.45) is 5.64. The van der Waals surface area contributed by atoms with Crippen LogP contribution in [0.15, 0.2) is 72.9 Å². The molecule has 0 radical (unpaired) electrons. The first-order chi connectivity index (χ1) is 26.8. The van der Waals surface area contributed by atoms with Crippen molar-refractivity contribution >= 4 is 29.7 Å². The van der Waals surface area contributed by atoms with E-state index in [9.17, 15) is 19.2 Å². The van der Waals surface area contributed by atoms with Gasteiger partial charge >= 0.3 is 12.1 Å². The number of nitrogens with one attached hydrogen (secondary N) is 2. The highest BCUT2D eigenvalue weighted by Gasteiger charge is 2.27. The number of carbonyl (C=O) groups is 4. The number of amides is 3. The minimum atomic E-state index is -0.741. The average Bonchev–Trinajstić information content (AvgIpc) is 3.95. The molecular formula is C43H54N6O7. The number of ether oxygens (including phenoxy) is 3. The van der Waals surface area contributed by atoms with Gasteiger partial charge in [-0.1, -0.05) is 55.3 Å². The molecule has 0 spiro atoms. The summed E-state index contributed by atoms with van der Waals surface area (Å²) in [5.74, 6) is 0.565. The van der Waals surface area contributed by atoms with Crippen molar-refractivity contribution in [1.82, 2.24) is 25.4 Å². The molecule has 0 bridgehead atoms. The Balaban J connectivity index is 1.23. The van der Waals surface area contributed by atoms with Crippen LogP contribution >= 0.6 is 0 Å². The molecule has 0 unspecified atom stereocenters. The number of rotatable bonds is 18. The van der Waals surface area contributed by atoms with Gasteiger partial charge in [-0.05, 0) is 101 Å². The highest BCUT2D eigenvalue weighted by molar-refractivity contribution is 5.87. The van der Waals surface area contributed by atoms with Crippen LogP contribution in [0.5, 0.6) is 5.75 Å². The lowest BCUT2D eigenvalue weighted by molar-refractivity contribution is -0.141. The Morgan fingerprint density at radius 1 is 0.982 bits per heavy atom. The topological polar surface area (TPSA) is 154 Å². The number of hydrogen-bond acceptors (Lipinski definition) is 9. The summed E-state index contributed by atoms with van der Waals surface area (Å²) >= 11 is 0. The largest absolute Gasteiger partial charge is 0.485 e. The van der Waals surface area contributed by atoms with E-state index in [1.165, 1.54) is 24.9 Å². The zero-order valence-electron chi connectivity index (χ0n) is 33.3. The number of benzene rings is 2. The van der Waals surface area contributed by atoms with E-state index in [-0.39, 0.29) is 31.8 Å². The predicted octanol–water partition coefficient (Wildman–Crippen LogP) is 6.86. The van der Waals surface area contributed by atoms with Gasteiger partial charge in [0.15, 0.2) is 5.75 Å². The van der Waals surface area contributed by atoms with E-state index in [1.807, 2.05) is 79.2 Å². The molecular weight excluding hydrogens is 713 g/mol. The molecule has 5 rings (SSSR count). The smallest absolute Gasteiger partial charge is 0.416 e. The van der Waals surface area contributed by atoms with Gasteiger partial charge in [0.05, 0.1) is 37.5 Å². The van der Waals surface area contributed by atoms with E-state index in [2.05, 4.69) is 15.6 Å². The molecule has 2 aromatic heterocycles. The average molecular weight is 767 g/mol. The molecule has 13 nitrogen and oxygen atoms in total. The Hall–Kier alpha value is -5.72. The molecule has 13 heteroatoms. The van der Waals surface area contributed by atoms with Crippen molar-refractivity contribution < 1.29 is 33.4 Å². The molecule has 1 atom stereocenters. The Labute approximate surface area is 329 Å². The number of pyridine rings is 1. The van der Waals surface area contributed by atoms with Crippen LogP contribution in [0.1, 0.15) is 93.4 Å². The Morgan fingerprint density at radius 3 is 2.45 bits per heavy atom. The normalized spacial score (nSPS) is 13.0. The first-order valence-corrected chi connectivity index (χ1v) is 19.2. The number of carbonyl (C=O) groups excluding carboxylic acids is 4. The number of aromatic nitrogens is 3. The Bertz CT molecular complexity index is 1970. The number of esters is 1. The van der Waals surface area contributed by atoms with Gasteiger partial charge < -0.3 is 24.8 Å². The van der Waals surface area contributed by atoms with Gasteiger partial charge in [-0.2, -0.15) is 5.10 Å². The lowest BCUT2D eigenvalue weighted by Gasteiger charge is -2.27. The molecule has 1 aliphatic carbocycles. The second kappa shape index (κ2) is 19.2. The van der Waals surface area contributed by atoms with Crippen molar-refractivity contribution in [1.29, 1.82) is 0 Å². The fourth-order valence-electron chi connectivity index (χ4n) is 6.20. The van der Waals surface area contributed by atoms with Gasteiger partial charge in [-0.25, -0.2) is 14.5 Å². The number of aryl methyl sites for hydroxylation is 2. The number of hydrogen-bond donors (Lipinski definition) is 2. The summed E-state index contributed by atoms with van der Waals surface area (Å²) in [5.41, 5.74) is 4.44. The molecule has 4 aromatic rings. The van der Waals surface area contributed by atoms with Crippen LogP contribution in [-0.4, -0.2) is 64.4 Å². The van der Waals surface area contributed by atoms with Gasteiger partial charge in [-0.3, -0.25) is 19.3 Å². The zero-order valence-corrected chi connectivity index (χ0v) is 33.3. The monoisotopic (exact) mass is 766 g/mol. The SMILES string of the molecule is COC(=O)C[C@H](NC(=O)CNC(=O)CCCN(C(=O)OC(C)(C)C)c1cc(C)ccn1)c1cccc(-n2nc(CCC3CC3)c(OCc3ccccc3)c2C)c1.